The van der Waals surface area contributed by atoms with Crippen molar-refractivity contribution >= 4 is 5.91 Å². The summed E-state index contributed by atoms with van der Waals surface area (Å²) >= 11 is 0. The minimum Gasteiger partial charge on any atom is -0.344 e. The van der Waals surface area contributed by atoms with E-state index in [1.54, 1.807) is 0 Å². The third-order valence-electron chi connectivity index (χ3n) is 3.28. The molecular formula is C16H19N3O2. The van der Waals surface area contributed by atoms with Gasteiger partial charge in [0, 0.05) is 13.1 Å². The quantitative estimate of drug-likeness (QED) is 0.914. The van der Waals surface area contributed by atoms with E-state index >= 15 is 0 Å². The molecule has 1 aromatic carbocycles. The van der Waals surface area contributed by atoms with Gasteiger partial charge >= 0.3 is 0 Å². The maximum absolute atomic E-state index is 12.3. The molecule has 1 amide bonds. The number of carbonyl (C=O) groups is 1. The zero-order valence-corrected chi connectivity index (χ0v) is 12.2. The van der Waals surface area contributed by atoms with Gasteiger partial charge in [0.1, 0.15) is 5.69 Å². The molecule has 1 aromatic heterocycles. The van der Waals surface area contributed by atoms with Crippen LogP contribution in [0.15, 0.2) is 47.3 Å². The second kappa shape index (κ2) is 6.83. The second-order valence-corrected chi connectivity index (χ2v) is 4.91. The van der Waals surface area contributed by atoms with Crippen LogP contribution in [0.4, 0.5) is 0 Å². The molecule has 1 unspecified atom stereocenters. The number of aryl methyl sites for hydroxylation is 1. The highest BCUT2D eigenvalue weighted by atomic mass is 16.2. The van der Waals surface area contributed by atoms with Gasteiger partial charge in [0.2, 0.25) is 0 Å². The number of benzene rings is 1. The first-order valence-corrected chi connectivity index (χ1v) is 7.02. The lowest BCUT2D eigenvalue weighted by Gasteiger charge is -2.18. The molecule has 5 heteroatoms. The van der Waals surface area contributed by atoms with E-state index < -0.39 is 0 Å². The number of hydrogen-bond donors (Lipinski definition) is 1. The summed E-state index contributed by atoms with van der Waals surface area (Å²) in [5.74, 6) is -0.270. The predicted molar refractivity (Wildman–Crippen MR) is 81.0 cm³/mol. The molecule has 0 aliphatic carbocycles. The van der Waals surface area contributed by atoms with Crippen LogP contribution < -0.4 is 10.9 Å². The van der Waals surface area contributed by atoms with Gasteiger partial charge in [-0.05, 0) is 18.1 Å². The number of aromatic nitrogens is 2. The number of carbonyl (C=O) groups excluding carboxylic acids is 1. The molecule has 110 valence electrons. The fourth-order valence-corrected chi connectivity index (χ4v) is 2.15. The van der Waals surface area contributed by atoms with E-state index in [4.69, 9.17) is 0 Å². The minimum absolute atomic E-state index is 0.0530. The fraction of sp³-hybridized carbons (Fsp3) is 0.312. The van der Waals surface area contributed by atoms with Crippen molar-refractivity contribution in [2.24, 2.45) is 7.05 Å². The van der Waals surface area contributed by atoms with Crippen molar-refractivity contribution in [1.82, 2.24) is 15.1 Å². The average molecular weight is 285 g/mol. The van der Waals surface area contributed by atoms with E-state index in [2.05, 4.69) is 17.3 Å². The molecule has 0 fully saturated rings. The maximum atomic E-state index is 12.3. The van der Waals surface area contributed by atoms with E-state index in [-0.39, 0.29) is 23.2 Å². The molecule has 21 heavy (non-hydrogen) atoms. The lowest BCUT2D eigenvalue weighted by molar-refractivity contribution is 0.0927. The third kappa shape index (κ3) is 3.78. The Bertz CT molecular complexity index is 665. The van der Waals surface area contributed by atoms with E-state index in [0.29, 0.717) is 0 Å². The van der Waals surface area contributed by atoms with Gasteiger partial charge in [0.05, 0.1) is 6.04 Å². The van der Waals surface area contributed by atoms with Crippen molar-refractivity contribution < 1.29 is 4.79 Å². The Morgan fingerprint density at radius 1 is 1.24 bits per heavy atom. The first-order valence-electron chi connectivity index (χ1n) is 7.02. The second-order valence-electron chi connectivity index (χ2n) is 4.91. The van der Waals surface area contributed by atoms with Crippen molar-refractivity contribution in [1.29, 1.82) is 0 Å². The van der Waals surface area contributed by atoms with Crippen LogP contribution >= 0.6 is 0 Å². The molecule has 0 bridgehead atoms. The molecule has 0 saturated carbocycles. The Morgan fingerprint density at radius 2 is 1.95 bits per heavy atom. The number of nitrogens with zero attached hydrogens (tertiary/aromatic N) is 2. The van der Waals surface area contributed by atoms with E-state index in [1.807, 2.05) is 30.3 Å². The molecule has 1 N–H and O–H groups in total. The average Bonchev–Trinajstić information content (AvgIpc) is 2.50. The highest BCUT2D eigenvalue weighted by molar-refractivity contribution is 5.92. The van der Waals surface area contributed by atoms with Crippen LogP contribution in [0.1, 0.15) is 41.9 Å². The van der Waals surface area contributed by atoms with Gasteiger partial charge in [0.15, 0.2) is 0 Å². The highest BCUT2D eigenvalue weighted by Gasteiger charge is 2.16. The smallest absolute Gasteiger partial charge is 0.272 e. The Labute approximate surface area is 123 Å². The van der Waals surface area contributed by atoms with E-state index in [0.717, 1.165) is 23.1 Å². The van der Waals surface area contributed by atoms with Crippen molar-refractivity contribution in [3.05, 3.63) is 64.1 Å². The molecule has 2 rings (SSSR count). The summed E-state index contributed by atoms with van der Waals surface area (Å²) < 4.78 is 1.16. The molecule has 1 heterocycles. The Hall–Kier alpha value is -2.43. The summed E-state index contributed by atoms with van der Waals surface area (Å²) in [5, 5.41) is 6.95. The van der Waals surface area contributed by atoms with Crippen molar-refractivity contribution in [2.75, 3.05) is 0 Å². The first kappa shape index (κ1) is 15.0. The summed E-state index contributed by atoms with van der Waals surface area (Å²) in [5.41, 5.74) is 1.08. The number of hydrogen-bond acceptors (Lipinski definition) is 3. The van der Waals surface area contributed by atoms with Gasteiger partial charge in [-0.2, -0.15) is 5.10 Å². The zero-order chi connectivity index (χ0) is 15.2. The summed E-state index contributed by atoms with van der Waals surface area (Å²) in [6.45, 7) is 2.08. The van der Waals surface area contributed by atoms with Gasteiger partial charge in [-0.25, -0.2) is 4.68 Å². The van der Waals surface area contributed by atoms with Crippen LogP contribution in [0.3, 0.4) is 0 Å². The topological polar surface area (TPSA) is 64.0 Å². The van der Waals surface area contributed by atoms with Crippen LogP contribution in [-0.4, -0.2) is 15.7 Å². The molecule has 0 radical (unpaired) electrons. The van der Waals surface area contributed by atoms with Gasteiger partial charge in [-0.1, -0.05) is 43.7 Å². The SMILES string of the molecule is CCCC(NC(=O)c1ccc(=O)n(C)n1)c1ccccc1. The molecule has 0 spiro atoms. The molecule has 0 aliphatic rings. The maximum Gasteiger partial charge on any atom is 0.272 e. The zero-order valence-electron chi connectivity index (χ0n) is 12.2. The van der Waals surface area contributed by atoms with E-state index in [9.17, 15) is 9.59 Å². The van der Waals surface area contributed by atoms with Gasteiger partial charge in [-0.15, -0.1) is 0 Å². The highest BCUT2D eigenvalue weighted by Crippen LogP contribution is 2.18. The number of nitrogens with one attached hydrogen (secondary N) is 1. The Morgan fingerprint density at radius 3 is 2.57 bits per heavy atom. The summed E-state index contributed by atoms with van der Waals surface area (Å²) in [6.07, 6.45) is 1.81. The summed E-state index contributed by atoms with van der Waals surface area (Å²) in [4.78, 5) is 23.6. The van der Waals surface area contributed by atoms with Crippen LogP contribution in [0, 0.1) is 0 Å². The monoisotopic (exact) mass is 285 g/mol. The number of amides is 1. The number of rotatable bonds is 5. The predicted octanol–water partition coefficient (Wildman–Crippen LogP) is 2.05. The van der Waals surface area contributed by atoms with Crippen molar-refractivity contribution in [2.45, 2.75) is 25.8 Å². The van der Waals surface area contributed by atoms with Crippen LogP contribution in [0.5, 0.6) is 0 Å². The molecule has 0 saturated heterocycles. The summed E-state index contributed by atoms with van der Waals surface area (Å²) in [6, 6.07) is 12.6. The van der Waals surface area contributed by atoms with Gasteiger partial charge in [-0.3, -0.25) is 9.59 Å². The molecule has 1 atom stereocenters. The molecular weight excluding hydrogens is 266 g/mol. The van der Waals surface area contributed by atoms with Crippen molar-refractivity contribution in [3.8, 4) is 0 Å². The Balaban J connectivity index is 2.18. The minimum atomic E-state index is -0.270. The van der Waals surface area contributed by atoms with Crippen molar-refractivity contribution in [3.63, 3.8) is 0 Å². The largest absolute Gasteiger partial charge is 0.344 e. The molecule has 0 aliphatic heterocycles. The first-order chi connectivity index (χ1) is 10.1. The lowest BCUT2D eigenvalue weighted by atomic mass is 10.0. The Kier molecular flexibility index (Phi) is 4.87. The third-order valence-corrected chi connectivity index (χ3v) is 3.28. The van der Waals surface area contributed by atoms with Crippen LogP contribution in [0.2, 0.25) is 0 Å². The van der Waals surface area contributed by atoms with Gasteiger partial charge < -0.3 is 5.32 Å². The molecule has 2 aromatic rings. The van der Waals surface area contributed by atoms with Crippen LogP contribution in [0.25, 0.3) is 0 Å². The van der Waals surface area contributed by atoms with Gasteiger partial charge in [0.25, 0.3) is 11.5 Å². The fourth-order valence-electron chi connectivity index (χ4n) is 2.15. The standard InChI is InChI=1S/C16H19N3O2/c1-3-7-13(12-8-5-4-6-9-12)17-16(21)14-10-11-15(20)19(2)18-14/h4-6,8-11,13H,3,7H2,1-2H3,(H,17,21). The van der Waals surface area contributed by atoms with Crippen LogP contribution in [-0.2, 0) is 7.05 Å². The normalized spacial score (nSPS) is 11.9. The van der Waals surface area contributed by atoms with E-state index in [1.165, 1.54) is 19.2 Å². The summed E-state index contributed by atoms with van der Waals surface area (Å²) in [7, 11) is 1.53. The lowest BCUT2D eigenvalue weighted by Crippen LogP contribution is -2.31. The molecule has 5 nitrogen and oxygen atoms in total.